The molecule has 130 valence electrons. The molecule has 0 aromatic heterocycles. The van der Waals surface area contributed by atoms with Crippen LogP contribution in [0, 0.1) is 0 Å². The van der Waals surface area contributed by atoms with Gasteiger partial charge in [-0.15, -0.1) is 0 Å². The molecule has 0 N–H and O–H groups in total. The summed E-state index contributed by atoms with van der Waals surface area (Å²) < 4.78 is 13.0. The van der Waals surface area contributed by atoms with Crippen LogP contribution in [0.4, 0.5) is 0 Å². The van der Waals surface area contributed by atoms with Crippen LogP contribution in [-0.2, 0) is 4.74 Å². The molecule has 6 rings (SSSR count). The fraction of sp³-hybridized carbons (Fsp3) is 0.120. The molecule has 27 heavy (non-hydrogen) atoms. The molecule has 1 aliphatic carbocycles. The maximum absolute atomic E-state index is 6.59. The molecule has 2 nitrogen and oxygen atoms in total. The van der Waals surface area contributed by atoms with Crippen LogP contribution in [0.3, 0.4) is 0 Å². The van der Waals surface area contributed by atoms with E-state index in [0.717, 1.165) is 11.3 Å². The smallest absolute Gasteiger partial charge is 0.235 e. The molecule has 0 radical (unpaired) electrons. The highest BCUT2D eigenvalue weighted by Crippen LogP contribution is 2.46. The van der Waals surface area contributed by atoms with Crippen LogP contribution in [0.1, 0.15) is 29.2 Å². The van der Waals surface area contributed by atoms with E-state index in [1.165, 1.54) is 27.5 Å². The fourth-order valence-electron chi connectivity index (χ4n) is 4.31. The lowest BCUT2D eigenvalue weighted by atomic mass is 9.87. The van der Waals surface area contributed by atoms with E-state index in [4.69, 9.17) is 9.47 Å². The van der Waals surface area contributed by atoms with E-state index in [-0.39, 0.29) is 6.10 Å². The Balaban J connectivity index is 1.43. The van der Waals surface area contributed by atoms with Gasteiger partial charge in [0.25, 0.3) is 0 Å². The Kier molecular flexibility index (Phi) is 3.03. The summed E-state index contributed by atoms with van der Waals surface area (Å²) in [5.74, 6) is 0.134. The minimum absolute atomic E-state index is 0.0911. The van der Waals surface area contributed by atoms with Gasteiger partial charge in [-0.3, -0.25) is 0 Å². The van der Waals surface area contributed by atoms with Gasteiger partial charge >= 0.3 is 0 Å². The summed E-state index contributed by atoms with van der Waals surface area (Å²) in [5, 5.41) is 2.43. The maximum atomic E-state index is 6.59. The van der Waals surface area contributed by atoms with Crippen LogP contribution in [-0.4, -0.2) is 5.79 Å². The zero-order chi connectivity index (χ0) is 17.8. The number of benzene rings is 3. The summed E-state index contributed by atoms with van der Waals surface area (Å²) in [6, 6.07) is 21.0. The first-order chi connectivity index (χ1) is 13.3. The monoisotopic (exact) mass is 350 g/mol. The second kappa shape index (κ2) is 5.45. The lowest BCUT2D eigenvalue weighted by Crippen LogP contribution is -2.42. The van der Waals surface area contributed by atoms with Gasteiger partial charge in [-0.05, 0) is 45.7 Å². The van der Waals surface area contributed by atoms with E-state index in [1.54, 1.807) is 0 Å². The Hall–Kier alpha value is -3.10. The molecule has 0 saturated heterocycles. The molecular weight excluding hydrogens is 332 g/mol. The Bertz CT molecular complexity index is 1170. The summed E-state index contributed by atoms with van der Waals surface area (Å²) in [4.78, 5) is 0. The number of hydrogen-bond donors (Lipinski definition) is 0. The van der Waals surface area contributed by atoms with Gasteiger partial charge in [0.05, 0.1) is 0 Å². The Labute approximate surface area is 158 Å². The number of rotatable bonds is 0. The molecule has 1 spiro atoms. The van der Waals surface area contributed by atoms with Gasteiger partial charge in [0.2, 0.25) is 5.79 Å². The molecule has 2 heterocycles. The molecule has 2 atom stereocenters. The molecule has 3 aliphatic rings. The molecule has 2 unspecified atom stereocenters. The average Bonchev–Trinajstić information content (AvgIpc) is 2.73. The largest absolute Gasteiger partial charge is 0.458 e. The van der Waals surface area contributed by atoms with E-state index in [0.29, 0.717) is 6.42 Å². The van der Waals surface area contributed by atoms with Crippen molar-refractivity contribution in [3.8, 4) is 5.75 Å². The zero-order valence-corrected chi connectivity index (χ0v) is 14.8. The first kappa shape index (κ1) is 15.0. The average molecular weight is 350 g/mol. The van der Waals surface area contributed by atoms with Gasteiger partial charge < -0.3 is 9.47 Å². The van der Waals surface area contributed by atoms with Crippen LogP contribution in [0.15, 0.2) is 84.5 Å². The normalized spacial score (nSPS) is 24.7. The van der Waals surface area contributed by atoms with Crippen LogP contribution in [0.2, 0.25) is 0 Å². The second-order valence-corrected chi connectivity index (χ2v) is 7.31. The predicted octanol–water partition coefficient (Wildman–Crippen LogP) is 6.06. The molecule has 0 fully saturated rings. The van der Waals surface area contributed by atoms with Gasteiger partial charge in [0, 0.05) is 12.0 Å². The molecular formula is C25H18O2. The highest BCUT2D eigenvalue weighted by atomic mass is 16.7. The molecule has 0 amide bonds. The predicted molar refractivity (Wildman–Crippen MR) is 108 cm³/mol. The van der Waals surface area contributed by atoms with Gasteiger partial charge in [-0.1, -0.05) is 72.8 Å². The van der Waals surface area contributed by atoms with Crippen molar-refractivity contribution in [2.45, 2.75) is 18.3 Å². The van der Waals surface area contributed by atoms with Gasteiger partial charge in [-0.25, -0.2) is 0 Å². The Morgan fingerprint density at radius 3 is 2.74 bits per heavy atom. The highest BCUT2D eigenvalue weighted by molar-refractivity contribution is 5.93. The fourth-order valence-corrected chi connectivity index (χ4v) is 4.31. The lowest BCUT2D eigenvalue weighted by molar-refractivity contribution is -0.176. The summed E-state index contributed by atoms with van der Waals surface area (Å²) >= 11 is 0. The highest BCUT2D eigenvalue weighted by Gasteiger charge is 2.41. The molecule has 3 aromatic rings. The molecule has 2 heteroatoms. The second-order valence-electron chi connectivity index (χ2n) is 7.31. The van der Waals surface area contributed by atoms with Gasteiger partial charge in [0.15, 0.2) is 0 Å². The SMILES string of the molecule is C1=Cc2ccccc2C2OC3(C=Cc4c(ccc5ccccc45)O3)CC=C12. The maximum Gasteiger partial charge on any atom is 0.235 e. The van der Waals surface area contributed by atoms with Crippen molar-refractivity contribution in [3.63, 3.8) is 0 Å². The Morgan fingerprint density at radius 2 is 1.74 bits per heavy atom. The van der Waals surface area contributed by atoms with Crippen LogP contribution >= 0.6 is 0 Å². The van der Waals surface area contributed by atoms with Crippen molar-refractivity contribution in [1.82, 2.24) is 0 Å². The Morgan fingerprint density at radius 1 is 0.852 bits per heavy atom. The van der Waals surface area contributed by atoms with Crippen molar-refractivity contribution in [2.75, 3.05) is 0 Å². The zero-order valence-electron chi connectivity index (χ0n) is 14.8. The summed E-state index contributed by atoms with van der Waals surface area (Å²) in [6.45, 7) is 0. The molecule has 0 saturated carbocycles. The lowest BCUT2D eigenvalue weighted by Gasteiger charge is -2.41. The van der Waals surface area contributed by atoms with Crippen molar-refractivity contribution >= 4 is 22.9 Å². The minimum atomic E-state index is -0.748. The molecule has 0 bridgehead atoms. The topological polar surface area (TPSA) is 18.5 Å². The van der Waals surface area contributed by atoms with Crippen LogP contribution < -0.4 is 4.74 Å². The van der Waals surface area contributed by atoms with Crippen molar-refractivity contribution in [1.29, 1.82) is 0 Å². The summed E-state index contributed by atoms with van der Waals surface area (Å²) in [7, 11) is 0. The first-order valence-electron chi connectivity index (χ1n) is 9.36. The number of hydrogen-bond acceptors (Lipinski definition) is 2. The minimum Gasteiger partial charge on any atom is -0.458 e. The third kappa shape index (κ3) is 2.23. The standard InChI is InChI=1S/C25H18O2/c1-3-7-20-17(5-1)11-12-23-22(20)14-16-25(26-23)15-13-19-10-9-18-6-2-4-8-21(18)24(19)27-25/h1-14,16,24H,15H2. The van der Waals surface area contributed by atoms with Crippen molar-refractivity contribution in [2.24, 2.45) is 0 Å². The summed E-state index contributed by atoms with van der Waals surface area (Å²) in [5.41, 5.74) is 4.75. The van der Waals surface area contributed by atoms with Gasteiger partial charge in [-0.2, -0.15) is 0 Å². The molecule has 3 aromatic carbocycles. The van der Waals surface area contributed by atoms with E-state index in [2.05, 4.69) is 91.0 Å². The van der Waals surface area contributed by atoms with E-state index in [9.17, 15) is 0 Å². The van der Waals surface area contributed by atoms with E-state index in [1.807, 2.05) is 0 Å². The van der Waals surface area contributed by atoms with Gasteiger partial charge in [0.1, 0.15) is 11.9 Å². The third-order valence-corrected chi connectivity index (χ3v) is 5.69. The van der Waals surface area contributed by atoms with Crippen molar-refractivity contribution in [3.05, 3.63) is 101 Å². The van der Waals surface area contributed by atoms with Crippen LogP contribution in [0.5, 0.6) is 5.75 Å². The number of fused-ring (bicyclic) bond motifs is 6. The van der Waals surface area contributed by atoms with E-state index >= 15 is 0 Å². The van der Waals surface area contributed by atoms with E-state index < -0.39 is 5.79 Å². The quantitative estimate of drug-likeness (QED) is 0.491. The first-order valence-corrected chi connectivity index (χ1v) is 9.36. The van der Waals surface area contributed by atoms with Crippen molar-refractivity contribution < 1.29 is 9.47 Å². The third-order valence-electron chi connectivity index (χ3n) is 5.69. The van der Waals surface area contributed by atoms with Crippen LogP contribution in [0.25, 0.3) is 22.9 Å². The summed E-state index contributed by atoms with van der Waals surface area (Å²) in [6.07, 6.45) is 11.4. The molecule has 2 aliphatic heterocycles. The number of ether oxygens (including phenoxy) is 2.